The van der Waals surface area contributed by atoms with Crippen molar-refractivity contribution in [2.45, 2.75) is 0 Å². The molecule has 27 heavy (non-hydrogen) atoms. The second kappa shape index (κ2) is 8.88. The Bertz CT molecular complexity index is 786. The summed E-state index contributed by atoms with van der Waals surface area (Å²) in [6, 6.07) is 7.19. The molecule has 2 heterocycles. The van der Waals surface area contributed by atoms with Gasteiger partial charge in [0, 0.05) is 13.1 Å². The lowest BCUT2D eigenvalue weighted by molar-refractivity contribution is -0.139. The van der Waals surface area contributed by atoms with E-state index in [1.165, 1.54) is 0 Å². The van der Waals surface area contributed by atoms with Gasteiger partial charge in [-0.05, 0) is 35.5 Å². The molecule has 8 heteroatoms. The third-order valence-corrected chi connectivity index (χ3v) is 4.96. The molecular weight excluding hydrogens is 368 g/mol. The van der Waals surface area contributed by atoms with E-state index in [0.29, 0.717) is 38.7 Å². The summed E-state index contributed by atoms with van der Waals surface area (Å²) >= 11 is 0.835. The molecule has 0 N–H and O–H groups in total. The first kappa shape index (κ1) is 19.2. The number of carbonyl (C=O) groups excluding carboxylic acids is 3. The predicted molar refractivity (Wildman–Crippen MR) is 102 cm³/mol. The summed E-state index contributed by atoms with van der Waals surface area (Å²) < 4.78 is 10.7. The molecule has 3 amide bonds. The zero-order valence-corrected chi connectivity index (χ0v) is 15.6. The largest absolute Gasteiger partial charge is 0.490 e. The number of rotatable bonds is 6. The van der Waals surface area contributed by atoms with Gasteiger partial charge in [0.1, 0.15) is 18.9 Å². The van der Waals surface area contributed by atoms with Crippen molar-refractivity contribution in [3.63, 3.8) is 0 Å². The minimum absolute atomic E-state index is 0.246. The highest BCUT2D eigenvalue weighted by atomic mass is 32.2. The van der Waals surface area contributed by atoms with E-state index < -0.39 is 11.1 Å². The quantitative estimate of drug-likeness (QED) is 0.549. The van der Waals surface area contributed by atoms with Crippen molar-refractivity contribution in [3.05, 3.63) is 47.4 Å². The number of imide groups is 1. The highest BCUT2D eigenvalue weighted by Crippen LogP contribution is 2.32. The number of nitrogens with zero attached hydrogens (tertiary/aromatic N) is 2. The fourth-order valence-corrected chi connectivity index (χ4v) is 3.52. The zero-order chi connectivity index (χ0) is 19.2. The first-order valence-electron chi connectivity index (χ1n) is 8.53. The van der Waals surface area contributed by atoms with Gasteiger partial charge in [-0.15, -0.1) is 0 Å². The van der Waals surface area contributed by atoms with Crippen LogP contribution < -0.4 is 4.74 Å². The van der Waals surface area contributed by atoms with Crippen molar-refractivity contribution in [2.75, 3.05) is 39.5 Å². The van der Waals surface area contributed by atoms with Crippen molar-refractivity contribution < 1.29 is 23.9 Å². The molecule has 7 nitrogen and oxygen atoms in total. The van der Waals surface area contributed by atoms with E-state index in [4.69, 9.17) is 9.47 Å². The van der Waals surface area contributed by atoms with E-state index >= 15 is 0 Å². The lowest BCUT2D eigenvalue weighted by Gasteiger charge is -2.28. The molecule has 0 bridgehead atoms. The molecule has 0 unspecified atom stereocenters. The average molecular weight is 388 g/mol. The molecule has 2 aliphatic rings. The third kappa shape index (κ3) is 4.78. The Morgan fingerprint density at radius 1 is 1.30 bits per heavy atom. The lowest BCUT2D eigenvalue weighted by Crippen LogP contribution is -2.46. The molecule has 1 aromatic carbocycles. The van der Waals surface area contributed by atoms with Crippen LogP contribution in [0.3, 0.4) is 0 Å². The highest BCUT2D eigenvalue weighted by molar-refractivity contribution is 8.18. The monoisotopic (exact) mass is 388 g/mol. The van der Waals surface area contributed by atoms with Crippen LogP contribution in [0.4, 0.5) is 4.79 Å². The Hall–Kier alpha value is -2.58. The van der Waals surface area contributed by atoms with Crippen molar-refractivity contribution in [2.24, 2.45) is 0 Å². The minimum atomic E-state index is -0.455. The minimum Gasteiger partial charge on any atom is -0.490 e. The van der Waals surface area contributed by atoms with Gasteiger partial charge in [-0.3, -0.25) is 19.3 Å². The number of carbonyl (C=O) groups is 3. The normalized spacial score (nSPS) is 18.9. The van der Waals surface area contributed by atoms with Crippen LogP contribution in [0, 0.1) is 0 Å². The van der Waals surface area contributed by atoms with Gasteiger partial charge in [0.05, 0.1) is 18.1 Å². The van der Waals surface area contributed by atoms with Crippen LogP contribution in [-0.2, 0) is 14.3 Å². The fourth-order valence-electron chi connectivity index (χ4n) is 2.68. The standard InChI is InChI=1S/C19H20N2O5S/c1-2-8-26-15-5-3-4-14(11-15)12-16-18(23)21(19(24)27-16)13-17(22)20-6-9-25-10-7-20/h2-5,11-12H,1,6-10,13H2/b16-12-. The topological polar surface area (TPSA) is 76.2 Å². The molecule has 2 fully saturated rings. The van der Waals surface area contributed by atoms with Gasteiger partial charge in [-0.1, -0.05) is 24.8 Å². The van der Waals surface area contributed by atoms with Gasteiger partial charge in [0.15, 0.2) is 0 Å². The summed E-state index contributed by atoms with van der Waals surface area (Å²) in [5.41, 5.74) is 0.738. The van der Waals surface area contributed by atoms with E-state index in [1.54, 1.807) is 35.3 Å². The van der Waals surface area contributed by atoms with E-state index in [0.717, 1.165) is 22.2 Å². The number of thioether (sulfide) groups is 1. The summed E-state index contributed by atoms with van der Waals surface area (Å²) in [6.45, 7) is 5.62. The van der Waals surface area contributed by atoms with Gasteiger partial charge in [0.2, 0.25) is 5.91 Å². The van der Waals surface area contributed by atoms with Crippen molar-refractivity contribution in [1.82, 2.24) is 9.80 Å². The SMILES string of the molecule is C=CCOc1cccc(/C=C2\SC(=O)N(CC(=O)N3CCOCC3)C2=O)c1. The smallest absolute Gasteiger partial charge is 0.294 e. The summed E-state index contributed by atoms with van der Waals surface area (Å²) in [4.78, 5) is 40.0. The number of benzene rings is 1. The van der Waals surface area contributed by atoms with Crippen molar-refractivity contribution in [1.29, 1.82) is 0 Å². The van der Waals surface area contributed by atoms with Gasteiger partial charge < -0.3 is 14.4 Å². The molecule has 0 saturated carbocycles. The number of ether oxygens (including phenoxy) is 2. The van der Waals surface area contributed by atoms with Gasteiger partial charge >= 0.3 is 0 Å². The molecule has 0 aliphatic carbocycles. The predicted octanol–water partition coefficient (Wildman–Crippen LogP) is 2.15. The Morgan fingerprint density at radius 2 is 2.07 bits per heavy atom. The summed E-state index contributed by atoms with van der Waals surface area (Å²) in [5.74, 6) is -0.0592. The van der Waals surface area contributed by atoms with Crippen LogP contribution >= 0.6 is 11.8 Å². The number of hydrogen-bond acceptors (Lipinski definition) is 6. The van der Waals surface area contributed by atoms with Crippen molar-refractivity contribution in [3.8, 4) is 5.75 Å². The highest BCUT2D eigenvalue weighted by Gasteiger charge is 2.37. The second-order valence-electron chi connectivity index (χ2n) is 5.93. The van der Waals surface area contributed by atoms with Gasteiger partial charge in [0.25, 0.3) is 11.1 Å². The van der Waals surface area contributed by atoms with E-state index in [9.17, 15) is 14.4 Å². The van der Waals surface area contributed by atoms with Crippen LogP contribution in [0.1, 0.15) is 5.56 Å². The third-order valence-electron chi connectivity index (χ3n) is 4.05. The molecule has 0 aromatic heterocycles. The molecule has 2 saturated heterocycles. The molecule has 2 aliphatic heterocycles. The average Bonchev–Trinajstić information content (AvgIpc) is 2.94. The number of amides is 3. The van der Waals surface area contributed by atoms with Crippen molar-refractivity contribution >= 4 is 34.9 Å². The lowest BCUT2D eigenvalue weighted by atomic mass is 10.2. The number of morpholine rings is 1. The Kier molecular flexibility index (Phi) is 6.31. The molecule has 0 radical (unpaired) electrons. The molecule has 142 valence electrons. The van der Waals surface area contributed by atoms with Gasteiger partial charge in [-0.25, -0.2) is 0 Å². The summed E-state index contributed by atoms with van der Waals surface area (Å²) in [7, 11) is 0. The molecule has 1 aromatic rings. The maximum absolute atomic E-state index is 12.6. The Labute approximate surface area is 161 Å². The van der Waals surface area contributed by atoms with E-state index in [-0.39, 0.29) is 17.4 Å². The fraction of sp³-hybridized carbons (Fsp3) is 0.316. The first-order chi connectivity index (χ1) is 13.1. The second-order valence-corrected chi connectivity index (χ2v) is 6.93. The van der Waals surface area contributed by atoms with Crippen LogP contribution in [0.2, 0.25) is 0 Å². The van der Waals surface area contributed by atoms with Gasteiger partial charge in [-0.2, -0.15) is 0 Å². The zero-order valence-electron chi connectivity index (χ0n) is 14.8. The summed E-state index contributed by atoms with van der Waals surface area (Å²) in [6.07, 6.45) is 3.27. The van der Waals surface area contributed by atoms with Crippen LogP contribution in [0.15, 0.2) is 41.8 Å². The molecule has 0 spiro atoms. The van der Waals surface area contributed by atoms with Crippen LogP contribution in [0.5, 0.6) is 5.75 Å². The molecule has 3 rings (SSSR count). The van der Waals surface area contributed by atoms with Crippen LogP contribution in [0.25, 0.3) is 6.08 Å². The Morgan fingerprint density at radius 3 is 2.81 bits per heavy atom. The molecular formula is C19H20N2O5S. The van der Waals surface area contributed by atoms with E-state index in [2.05, 4.69) is 6.58 Å². The van der Waals surface area contributed by atoms with E-state index in [1.807, 2.05) is 6.07 Å². The Balaban J connectivity index is 1.68. The maximum Gasteiger partial charge on any atom is 0.294 e. The number of hydrogen-bond donors (Lipinski definition) is 0. The molecule has 0 atom stereocenters. The summed E-state index contributed by atoms with van der Waals surface area (Å²) in [5, 5.41) is -0.438. The van der Waals surface area contributed by atoms with Crippen LogP contribution in [-0.4, -0.2) is 66.3 Å². The first-order valence-corrected chi connectivity index (χ1v) is 9.35. The maximum atomic E-state index is 12.6.